The van der Waals surface area contributed by atoms with E-state index in [1.165, 1.54) is 0 Å². The van der Waals surface area contributed by atoms with Crippen molar-refractivity contribution >= 4 is 12.0 Å². The molecule has 1 heterocycles. The molecule has 1 fully saturated rings. The van der Waals surface area contributed by atoms with E-state index in [-0.39, 0.29) is 18.1 Å². The molecule has 2 N–H and O–H groups in total. The maximum Gasteiger partial charge on any atom is 0.317 e. The van der Waals surface area contributed by atoms with Crippen molar-refractivity contribution in [2.75, 3.05) is 32.7 Å². The fourth-order valence-electron chi connectivity index (χ4n) is 1.76. The maximum absolute atomic E-state index is 12.0. The number of hydrogen-bond donors (Lipinski definition) is 2. The van der Waals surface area contributed by atoms with Gasteiger partial charge >= 0.3 is 12.0 Å². The Balaban J connectivity index is 2.38. The second-order valence-corrected chi connectivity index (χ2v) is 5.32. The standard InChI is InChI=1S/C12H23N3O3/c1-4-12(2,3)13-11(18)15-7-5-14(6-8-15)9-10(16)17/h4-9H2,1-3H3,(H,13,18)(H,16,17). The number of carbonyl (C=O) groups excluding carboxylic acids is 1. The summed E-state index contributed by atoms with van der Waals surface area (Å²) < 4.78 is 0. The molecule has 1 rings (SSSR count). The number of aliphatic carboxylic acids is 1. The Morgan fingerprint density at radius 3 is 2.22 bits per heavy atom. The molecule has 1 saturated heterocycles. The van der Waals surface area contributed by atoms with Gasteiger partial charge in [0.2, 0.25) is 0 Å². The Kier molecular flexibility index (Phi) is 4.95. The topological polar surface area (TPSA) is 72.9 Å². The highest BCUT2D eigenvalue weighted by Gasteiger charge is 2.25. The van der Waals surface area contributed by atoms with Crippen molar-refractivity contribution in [3.05, 3.63) is 0 Å². The van der Waals surface area contributed by atoms with Gasteiger partial charge in [0.1, 0.15) is 0 Å². The molecule has 0 saturated carbocycles. The van der Waals surface area contributed by atoms with Gasteiger partial charge in [0.05, 0.1) is 6.54 Å². The number of carbonyl (C=O) groups is 2. The van der Waals surface area contributed by atoms with Gasteiger partial charge in [0, 0.05) is 31.7 Å². The van der Waals surface area contributed by atoms with Crippen LogP contribution in [0.1, 0.15) is 27.2 Å². The van der Waals surface area contributed by atoms with Crippen LogP contribution in [0.25, 0.3) is 0 Å². The fourth-order valence-corrected chi connectivity index (χ4v) is 1.76. The summed E-state index contributed by atoms with van der Waals surface area (Å²) in [5.41, 5.74) is -0.199. The van der Waals surface area contributed by atoms with Crippen molar-refractivity contribution in [2.45, 2.75) is 32.7 Å². The quantitative estimate of drug-likeness (QED) is 0.773. The summed E-state index contributed by atoms with van der Waals surface area (Å²) in [5, 5.41) is 11.7. The molecule has 0 radical (unpaired) electrons. The summed E-state index contributed by atoms with van der Waals surface area (Å²) >= 11 is 0. The van der Waals surface area contributed by atoms with Gasteiger partial charge in [-0.3, -0.25) is 9.69 Å². The molecule has 0 unspecified atom stereocenters. The van der Waals surface area contributed by atoms with E-state index in [2.05, 4.69) is 5.32 Å². The summed E-state index contributed by atoms with van der Waals surface area (Å²) in [6, 6.07) is -0.0585. The van der Waals surface area contributed by atoms with Gasteiger partial charge in [-0.15, -0.1) is 0 Å². The number of nitrogens with one attached hydrogen (secondary N) is 1. The van der Waals surface area contributed by atoms with Gasteiger partial charge in [-0.25, -0.2) is 4.79 Å². The molecule has 0 atom stereocenters. The smallest absolute Gasteiger partial charge is 0.317 e. The Morgan fingerprint density at radius 1 is 1.22 bits per heavy atom. The number of piperazine rings is 1. The molecule has 0 aromatic carbocycles. The molecule has 1 aliphatic heterocycles. The highest BCUT2D eigenvalue weighted by Crippen LogP contribution is 2.09. The van der Waals surface area contributed by atoms with Gasteiger partial charge in [0.25, 0.3) is 0 Å². The SMILES string of the molecule is CCC(C)(C)NC(=O)N1CCN(CC(=O)O)CC1. The average molecular weight is 257 g/mol. The maximum atomic E-state index is 12.0. The first kappa shape index (κ1) is 14.8. The molecular weight excluding hydrogens is 234 g/mol. The third kappa shape index (κ3) is 4.52. The lowest BCUT2D eigenvalue weighted by Gasteiger charge is -2.36. The highest BCUT2D eigenvalue weighted by atomic mass is 16.4. The number of amides is 2. The lowest BCUT2D eigenvalue weighted by atomic mass is 10.0. The normalized spacial score (nSPS) is 17.6. The van der Waals surface area contributed by atoms with E-state index in [1.54, 1.807) is 4.90 Å². The van der Waals surface area contributed by atoms with Crippen LogP contribution in [0.4, 0.5) is 4.79 Å². The Hall–Kier alpha value is -1.30. The molecule has 1 aliphatic rings. The molecule has 0 aromatic rings. The van der Waals surface area contributed by atoms with Gasteiger partial charge in [0.15, 0.2) is 0 Å². The van der Waals surface area contributed by atoms with E-state index in [0.29, 0.717) is 26.2 Å². The largest absolute Gasteiger partial charge is 0.480 e. The second kappa shape index (κ2) is 6.04. The molecular formula is C12H23N3O3. The first-order valence-electron chi connectivity index (χ1n) is 6.35. The first-order chi connectivity index (χ1) is 8.34. The molecule has 6 nitrogen and oxygen atoms in total. The summed E-state index contributed by atoms with van der Waals surface area (Å²) in [4.78, 5) is 26.1. The van der Waals surface area contributed by atoms with Crippen LogP contribution in [0, 0.1) is 0 Å². The second-order valence-electron chi connectivity index (χ2n) is 5.32. The van der Waals surface area contributed by atoms with Crippen LogP contribution in [0.2, 0.25) is 0 Å². The van der Waals surface area contributed by atoms with Crippen molar-refractivity contribution in [1.82, 2.24) is 15.1 Å². The van der Waals surface area contributed by atoms with E-state index >= 15 is 0 Å². The van der Waals surface area contributed by atoms with Crippen LogP contribution in [0.15, 0.2) is 0 Å². The van der Waals surface area contributed by atoms with Gasteiger partial charge < -0.3 is 15.3 Å². The van der Waals surface area contributed by atoms with Crippen LogP contribution in [0.3, 0.4) is 0 Å². The molecule has 0 aromatic heterocycles. The van der Waals surface area contributed by atoms with Crippen LogP contribution in [-0.2, 0) is 4.79 Å². The zero-order valence-corrected chi connectivity index (χ0v) is 11.4. The molecule has 0 spiro atoms. The van der Waals surface area contributed by atoms with Crippen LogP contribution in [0.5, 0.6) is 0 Å². The van der Waals surface area contributed by atoms with E-state index in [1.807, 2.05) is 25.7 Å². The molecule has 2 amide bonds. The van der Waals surface area contributed by atoms with Crippen molar-refractivity contribution in [3.8, 4) is 0 Å². The monoisotopic (exact) mass is 257 g/mol. The van der Waals surface area contributed by atoms with Crippen LogP contribution in [-0.4, -0.2) is 65.2 Å². The number of rotatable bonds is 4. The number of carboxylic acid groups (broad SMARTS) is 1. The summed E-state index contributed by atoms with van der Waals surface area (Å²) in [5.74, 6) is -0.819. The van der Waals surface area contributed by atoms with Crippen molar-refractivity contribution in [2.24, 2.45) is 0 Å². The average Bonchev–Trinajstić information content (AvgIpc) is 2.28. The minimum atomic E-state index is -0.819. The number of nitrogens with zero attached hydrogens (tertiary/aromatic N) is 2. The van der Waals surface area contributed by atoms with Crippen LogP contribution >= 0.6 is 0 Å². The lowest BCUT2D eigenvalue weighted by Crippen LogP contribution is -2.56. The summed E-state index contributed by atoms with van der Waals surface area (Å²) in [6.07, 6.45) is 0.873. The highest BCUT2D eigenvalue weighted by molar-refractivity contribution is 5.75. The zero-order valence-electron chi connectivity index (χ0n) is 11.4. The van der Waals surface area contributed by atoms with E-state index in [0.717, 1.165) is 6.42 Å². The summed E-state index contributed by atoms with van der Waals surface area (Å²) in [7, 11) is 0. The zero-order chi connectivity index (χ0) is 13.8. The minimum Gasteiger partial charge on any atom is -0.480 e. The van der Waals surface area contributed by atoms with Gasteiger partial charge in [-0.1, -0.05) is 6.92 Å². The first-order valence-corrected chi connectivity index (χ1v) is 6.35. The Labute approximate surface area is 108 Å². The van der Waals surface area contributed by atoms with E-state index in [9.17, 15) is 9.59 Å². The number of carboxylic acids is 1. The van der Waals surface area contributed by atoms with E-state index in [4.69, 9.17) is 5.11 Å². The Bertz CT molecular complexity index is 310. The molecule has 6 heteroatoms. The predicted octanol–water partition coefficient (Wildman–Crippen LogP) is 0.587. The third-order valence-corrected chi connectivity index (χ3v) is 3.35. The molecule has 18 heavy (non-hydrogen) atoms. The van der Waals surface area contributed by atoms with Crippen molar-refractivity contribution < 1.29 is 14.7 Å². The third-order valence-electron chi connectivity index (χ3n) is 3.35. The lowest BCUT2D eigenvalue weighted by molar-refractivity contribution is -0.138. The minimum absolute atomic E-state index is 0.0515. The molecule has 0 bridgehead atoms. The predicted molar refractivity (Wildman–Crippen MR) is 68.6 cm³/mol. The number of hydrogen-bond acceptors (Lipinski definition) is 3. The fraction of sp³-hybridized carbons (Fsp3) is 0.833. The van der Waals surface area contributed by atoms with Crippen molar-refractivity contribution in [1.29, 1.82) is 0 Å². The van der Waals surface area contributed by atoms with Crippen molar-refractivity contribution in [3.63, 3.8) is 0 Å². The number of urea groups is 1. The summed E-state index contributed by atoms with van der Waals surface area (Å²) in [6.45, 7) is 8.47. The van der Waals surface area contributed by atoms with Gasteiger partial charge in [-0.05, 0) is 20.3 Å². The van der Waals surface area contributed by atoms with E-state index < -0.39 is 5.97 Å². The molecule has 104 valence electrons. The van der Waals surface area contributed by atoms with Gasteiger partial charge in [-0.2, -0.15) is 0 Å². The Morgan fingerprint density at radius 2 is 1.78 bits per heavy atom. The molecule has 0 aliphatic carbocycles. The van der Waals surface area contributed by atoms with Crippen LogP contribution < -0.4 is 5.32 Å².